The molecule has 3 rings (SSSR count). The standard InChI is InChI=1S/C21H25F3N4O2/c1-3-10-27-11-8-15(9-12-27)25-20(30)19-18(29)13-14(2)28(26-19)17-7-5-4-6-16(17)21(22,23)24/h4-7,13,15H,3,8-12H2,1-2H3,(H,25,30). The van der Waals surface area contributed by atoms with Gasteiger partial charge in [0.25, 0.3) is 5.91 Å². The van der Waals surface area contributed by atoms with Crippen LogP contribution >= 0.6 is 0 Å². The summed E-state index contributed by atoms with van der Waals surface area (Å²) in [5, 5.41) is 6.83. The molecule has 30 heavy (non-hydrogen) atoms. The molecule has 2 heterocycles. The predicted octanol–water partition coefficient (Wildman–Crippen LogP) is 3.16. The number of piperidine rings is 1. The van der Waals surface area contributed by atoms with E-state index in [1.807, 2.05) is 0 Å². The molecule has 1 aromatic heterocycles. The molecule has 1 aliphatic rings. The van der Waals surface area contributed by atoms with Crippen molar-refractivity contribution in [3.63, 3.8) is 0 Å². The summed E-state index contributed by atoms with van der Waals surface area (Å²) in [6.07, 6.45) is -2.03. The molecular weight excluding hydrogens is 397 g/mol. The van der Waals surface area contributed by atoms with Crippen molar-refractivity contribution in [1.82, 2.24) is 20.0 Å². The van der Waals surface area contributed by atoms with E-state index in [0.717, 1.165) is 55.7 Å². The predicted molar refractivity (Wildman–Crippen MR) is 107 cm³/mol. The third-order valence-electron chi connectivity index (χ3n) is 5.22. The van der Waals surface area contributed by atoms with Gasteiger partial charge >= 0.3 is 6.18 Å². The molecule has 0 aliphatic carbocycles. The Morgan fingerprint density at radius 2 is 1.90 bits per heavy atom. The highest BCUT2D eigenvalue weighted by molar-refractivity contribution is 5.92. The highest BCUT2D eigenvalue weighted by atomic mass is 19.4. The zero-order chi connectivity index (χ0) is 21.9. The monoisotopic (exact) mass is 422 g/mol. The van der Waals surface area contributed by atoms with Crippen molar-refractivity contribution in [2.24, 2.45) is 0 Å². The van der Waals surface area contributed by atoms with E-state index in [1.165, 1.54) is 25.1 Å². The average molecular weight is 422 g/mol. The highest BCUT2D eigenvalue weighted by Gasteiger charge is 2.34. The van der Waals surface area contributed by atoms with Gasteiger partial charge in [0.05, 0.1) is 11.3 Å². The summed E-state index contributed by atoms with van der Waals surface area (Å²) in [5.74, 6) is -0.660. The van der Waals surface area contributed by atoms with Crippen molar-refractivity contribution in [2.75, 3.05) is 19.6 Å². The lowest BCUT2D eigenvalue weighted by Gasteiger charge is -2.31. The number of halogens is 3. The van der Waals surface area contributed by atoms with Crippen LogP contribution in [-0.2, 0) is 6.18 Å². The van der Waals surface area contributed by atoms with Crippen LogP contribution in [0.2, 0.25) is 0 Å². The van der Waals surface area contributed by atoms with E-state index in [9.17, 15) is 22.8 Å². The molecule has 9 heteroatoms. The molecule has 1 fully saturated rings. The molecule has 0 unspecified atom stereocenters. The van der Waals surface area contributed by atoms with Crippen molar-refractivity contribution < 1.29 is 18.0 Å². The number of rotatable bonds is 5. The zero-order valence-electron chi connectivity index (χ0n) is 17.0. The van der Waals surface area contributed by atoms with Crippen LogP contribution in [0.4, 0.5) is 13.2 Å². The summed E-state index contributed by atoms with van der Waals surface area (Å²) in [6.45, 7) is 6.29. The van der Waals surface area contributed by atoms with Gasteiger partial charge in [0.2, 0.25) is 5.43 Å². The summed E-state index contributed by atoms with van der Waals surface area (Å²) in [4.78, 5) is 27.4. The topological polar surface area (TPSA) is 67.2 Å². The molecule has 1 saturated heterocycles. The number of nitrogens with zero attached hydrogens (tertiary/aromatic N) is 3. The van der Waals surface area contributed by atoms with Gasteiger partial charge < -0.3 is 10.2 Å². The second-order valence-electron chi connectivity index (χ2n) is 7.51. The quantitative estimate of drug-likeness (QED) is 0.804. The van der Waals surface area contributed by atoms with Crippen LogP contribution in [0.5, 0.6) is 0 Å². The number of amides is 1. The van der Waals surface area contributed by atoms with Crippen LogP contribution in [0.1, 0.15) is 47.9 Å². The molecule has 1 aromatic carbocycles. The third-order valence-corrected chi connectivity index (χ3v) is 5.22. The number of aromatic nitrogens is 2. The van der Waals surface area contributed by atoms with E-state index in [0.29, 0.717) is 0 Å². The first-order valence-corrected chi connectivity index (χ1v) is 10.0. The van der Waals surface area contributed by atoms with Crippen LogP contribution in [0.15, 0.2) is 35.1 Å². The summed E-state index contributed by atoms with van der Waals surface area (Å²) < 4.78 is 41.2. The lowest BCUT2D eigenvalue weighted by molar-refractivity contribution is -0.137. The smallest absolute Gasteiger partial charge is 0.348 e. The minimum atomic E-state index is -4.59. The number of hydrogen-bond donors (Lipinski definition) is 1. The Hall–Kier alpha value is -2.68. The Morgan fingerprint density at radius 1 is 1.23 bits per heavy atom. The molecule has 0 saturated carbocycles. The van der Waals surface area contributed by atoms with Gasteiger partial charge in [0.15, 0.2) is 5.69 Å². The third kappa shape index (κ3) is 4.89. The largest absolute Gasteiger partial charge is 0.418 e. The second kappa shape index (κ2) is 8.99. The molecule has 1 amide bonds. The van der Waals surface area contributed by atoms with Crippen LogP contribution in [0.25, 0.3) is 5.69 Å². The minimum absolute atomic E-state index is 0.0935. The Kier molecular flexibility index (Phi) is 6.60. The molecule has 6 nitrogen and oxygen atoms in total. The Morgan fingerprint density at radius 3 is 2.53 bits per heavy atom. The van der Waals surface area contributed by atoms with Gasteiger partial charge in [-0.2, -0.15) is 18.3 Å². The van der Waals surface area contributed by atoms with Crippen molar-refractivity contribution in [3.05, 3.63) is 57.5 Å². The van der Waals surface area contributed by atoms with E-state index in [4.69, 9.17) is 0 Å². The van der Waals surface area contributed by atoms with E-state index in [-0.39, 0.29) is 17.4 Å². The van der Waals surface area contributed by atoms with Crippen LogP contribution in [0.3, 0.4) is 0 Å². The molecule has 2 aromatic rings. The number of hydrogen-bond acceptors (Lipinski definition) is 4. The SMILES string of the molecule is CCCN1CCC(NC(=O)c2nn(-c3ccccc3C(F)(F)F)c(C)cc2=O)CC1. The number of carbonyl (C=O) groups is 1. The van der Waals surface area contributed by atoms with Gasteiger partial charge in [-0.25, -0.2) is 4.68 Å². The van der Waals surface area contributed by atoms with Gasteiger partial charge in [-0.05, 0) is 44.9 Å². The number of alkyl halides is 3. The average Bonchev–Trinajstić information content (AvgIpc) is 2.69. The molecule has 1 aliphatic heterocycles. The number of aryl methyl sites for hydroxylation is 1. The summed E-state index contributed by atoms with van der Waals surface area (Å²) in [7, 11) is 0. The van der Waals surface area contributed by atoms with Gasteiger partial charge in [-0.1, -0.05) is 19.1 Å². The maximum atomic E-state index is 13.4. The molecular formula is C21H25F3N4O2. The van der Waals surface area contributed by atoms with Crippen LogP contribution < -0.4 is 10.7 Å². The number of carbonyl (C=O) groups excluding carboxylic acids is 1. The molecule has 162 valence electrons. The van der Waals surface area contributed by atoms with Crippen LogP contribution in [-0.4, -0.2) is 46.3 Å². The molecule has 0 atom stereocenters. The van der Waals surface area contributed by atoms with Crippen molar-refractivity contribution in [2.45, 2.75) is 45.3 Å². The van der Waals surface area contributed by atoms with Crippen molar-refractivity contribution in [3.8, 4) is 5.69 Å². The van der Waals surface area contributed by atoms with Gasteiger partial charge in [0, 0.05) is 30.9 Å². The molecule has 0 bridgehead atoms. The molecule has 1 N–H and O–H groups in total. The molecule has 0 radical (unpaired) electrons. The van der Waals surface area contributed by atoms with E-state index >= 15 is 0 Å². The van der Waals surface area contributed by atoms with E-state index < -0.39 is 28.8 Å². The maximum absolute atomic E-state index is 13.4. The summed E-state index contributed by atoms with van der Waals surface area (Å²) in [6, 6.07) is 5.98. The van der Waals surface area contributed by atoms with Gasteiger partial charge in [0.1, 0.15) is 0 Å². The van der Waals surface area contributed by atoms with Crippen molar-refractivity contribution in [1.29, 1.82) is 0 Å². The summed E-state index contributed by atoms with van der Waals surface area (Å²) in [5.41, 5.74) is -1.94. The fourth-order valence-electron chi connectivity index (χ4n) is 3.72. The number of nitrogens with one attached hydrogen (secondary N) is 1. The van der Waals surface area contributed by atoms with Gasteiger partial charge in [-0.3, -0.25) is 9.59 Å². The maximum Gasteiger partial charge on any atom is 0.418 e. The fraction of sp³-hybridized carbons (Fsp3) is 0.476. The Labute approximate surface area is 172 Å². The van der Waals surface area contributed by atoms with Crippen LogP contribution in [0, 0.1) is 6.92 Å². The van der Waals surface area contributed by atoms with E-state index in [1.54, 1.807) is 0 Å². The molecule has 0 spiro atoms. The Bertz CT molecular complexity index is 963. The summed E-state index contributed by atoms with van der Waals surface area (Å²) >= 11 is 0. The zero-order valence-corrected chi connectivity index (χ0v) is 17.0. The fourth-order valence-corrected chi connectivity index (χ4v) is 3.72. The first-order valence-electron chi connectivity index (χ1n) is 10.0. The number of likely N-dealkylation sites (tertiary alicyclic amines) is 1. The first-order chi connectivity index (χ1) is 14.2. The van der Waals surface area contributed by atoms with E-state index in [2.05, 4.69) is 22.2 Å². The van der Waals surface area contributed by atoms with Crippen molar-refractivity contribution >= 4 is 5.91 Å². The second-order valence-corrected chi connectivity index (χ2v) is 7.51. The normalized spacial score (nSPS) is 15.9. The Balaban J connectivity index is 1.86. The van der Waals surface area contributed by atoms with Gasteiger partial charge in [-0.15, -0.1) is 0 Å². The number of para-hydroxylation sites is 1. The highest BCUT2D eigenvalue weighted by Crippen LogP contribution is 2.33. The lowest BCUT2D eigenvalue weighted by Crippen LogP contribution is -2.46. The lowest BCUT2D eigenvalue weighted by atomic mass is 10.0. The number of benzene rings is 1. The minimum Gasteiger partial charge on any atom is -0.348 e. The first kappa shape index (κ1) is 22.0.